The van der Waals surface area contributed by atoms with Crippen molar-refractivity contribution >= 4 is 44.4 Å². The molecule has 0 fully saturated rings. The Bertz CT molecular complexity index is 721. The van der Waals surface area contributed by atoms with Crippen molar-refractivity contribution in [3.05, 3.63) is 56.5 Å². The van der Waals surface area contributed by atoms with Crippen LogP contribution in [0.2, 0.25) is 0 Å². The summed E-state index contributed by atoms with van der Waals surface area (Å²) in [5, 5.41) is 9.12. The van der Waals surface area contributed by atoms with Gasteiger partial charge in [0.05, 0.1) is 33.3 Å². The molecule has 6 nitrogen and oxygen atoms in total. The number of rotatable bonds is 8. The van der Waals surface area contributed by atoms with Gasteiger partial charge >= 0.3 is 0 Å². The Morgan fingerprint density at radius 3 is 2.15 bits per heavy atom. The molecule has 2 rings (SSSR count). The highest BCUT2D eigenvalue weighted by Crippen LogP contribution is 2.28. The van der Waals surface area contributed by atoms with E-state index in [1.807, 2.05) is 0 Å². The fraction of sp³-hybridized carbons (Fsp3) is 0.222. The van der Waals surface area contributed by atoms with Crippen LogP contribution in [-0.4, -0.2) is 44.8 Å². The summed E-state index contributed by atoms with van der Waals surface area (Å²) in [5.74, 6) is 0.493. The topological polar surface area (TPSA) is 82.1 Å². The molecule has 0 saturated heterocycles. The fourth-order valence-corrected chi connectivity index (χ4v) is 2.58. The molecule has 2 aromatic rings. The van der Waals surface area contributed by atoms with Gasteiger partial charge in [0, 0.05) is 7.11 Å². The first-order chi connectivity index (χ1) is 12.5. The van der Waals surface area contributed by atoms with E-state index in [1.54, 1.807) is 43.5 Å². The molecular weight excluding hydrogens is 472 g/mol. The third kappa shape index (κ3) is 7.25. The minimum absolute atomic E-state index is 0.00231. The molecule has 0 spiro atoms. The molecule has 2 aromatic carbocycles. The number of halogens is 2. The monoisotopic (exact) mass is 488 g/mol. The molecule has 0 unspecified atom stereocenters. The summed E-state index contributed by atoms with van der Waals surface area (Å²) in [5.41, 5.74) is 0.791. The van der Waals surface area contributed by atoms with Crippen molar-refractivity contribution in [3.63, 3.8) is 0 Å². The number of carbonyl (C=O) groups excluding carboxylic acids is 2. The molecule has 8 heteroatoms. The van der Waals surface area contributed by atoms with Crippen molar-refractivity contribution in [1.82, 2.24) is 0 Å². The first-order valence-corrected chi connectivity index (χ1v) is 8.99. The zero-order valence-electron chi connectivity index (χ0n) is 14.0. The van der Waals surface area contributed by atoms with Crippen molar-refractivity contribution in [1.29, 1.82) is 0 Å². The van der Waals surface area contributed by atoms with Gasteiger partial charge in [-0.1, -0.05) is 12.1 Å². The third-order valence-corrected chi connectivity index (χ3v) is 4.25. The molecule has 0 saturated carbocycles. The molecule has 0 amide bonds. The molecule has 1 N–H and O–H groups in total. The Hall–Kier alpha value is -1.74. The maximum atomic E-state index is 10.8. The summed E-state index contributed by atoms with van der Waals surface area (Å²) < 4.78 is 16.6. The van der Waals surface area contributed by atoms with Gasteiger partial charge in [0.1, 0.15) is 11.5 Å². The highest BCUT2D eigenvalue weighted by atomic mass is 79.9. The smallest absolute Gasteiger partial charge is 0.189 e. The van der Waals surface area contributed by atoms with Crippen molar-refractivity contribution in [2.24, 2.45) is 0 Å². The molecule has 140 valence electrons. The minimum atomic E-state index is -0.00231. The number of hydrogen-bond acceptors (Lipinski definition) is 6. The second-order valence-electron chi connectivity index (χ2n) is 4.73. The molecule has 0 aliphatic rings. The molecule has 0 heterocycles. The Morgan fingerprint density at radius 1 is 0.962 bits per heavy atom. The zero-order chi connectivity index (χ0) is 19.4. The largest absolute Gasteiger partial charge is 0.506 e. The van der Waals surface area contributed by atoms with Crippen LogP contribution < -0.4 is 4.74 Å². The number of aromatic hydroxyl groups is 1. The van der Waals surface area contributed by atoms with Crippen molar-refractivity contribution < 1.29 is 28.9 Å². The first kappa shape index (κ1) is 22.3. The standard InChI is InChI=1S/C11H13BrO4.C7H5BrO2/c1-14-5-6-15-8-16-11-9(7-13)3-2-4-10(11)12;8-6-3-1-2-5(4-9)7(6)10/h2-4,7H,5-6,8H2,1H3;1-4,10H. The number of hydrogen-bond donors (Lipinski definition) is 1. The predicted octanol–water partition coefficient (Wildman–Crippen LogP) is 4.23. The number of carbonyl (C=O) groups is 2. The summed E-state index contributed by atoms with van der Waals surface area (Å²) in [4.78, 5) is 21.0. The summed E-state index contributed by atoms with van der Waals surface area (Å²) in [6, 6.07) is 10.2. The molecule has 0 atom stereocenters. The minimum Gasteiger partial charge on any atom is -0.506 e. The molecular formula is C18H18Br2O6. The SMILES string of the molecule is COCCOCOc1c(Br)cccc1C=O.O=Cc1cccc(Br)c1O. The number of phenolic OH excluding ortho intramolecular Hbond substituents is 1. The summed E-state index contributed by atoms with van der Waals surface area (Å²) >= 11 is 6.38. The highest BCUT2D eigenvalue weighted by molar-refractivity contribution is 9.10. The zero-order valence-corrected chi connectivity index (χ0v) is 17.2. The number of aldehydes is 2. The van der Waals surface area contributed by atoms with Gasteiger partial charge < -0.3 is 19.3 Å². The van der Waals surface area contributed by atoms with E-state index in [0.29, 0.717) is 40.8 Å². The molecule has 0 aliphatic heterocycles. The van der Waals surface area contributed by atoms with E-state index in [9.17, 15) is 9.59 Å². The lowest BCUT2D eigenvalue weighted by molar-refractivity contribution is -0.00899. The van der Waals surface area contributed by atoms with E-state index in [2.05, 4.69) is 31.9 Å². The molecule has 0 bridgehead atoms. The van der Waals surface area contributed by atoms with Crippen LogP contribution in [0.25, 0.3) is 0 Å². The summed E-state index contributed by atoms with van der Waals surface area (Å²) in [7, 11) is 1.60. The lowest BCUT2D eigenvalue weighted by Crippen LogP contribution is -2.08. The van der Waals surface area contributed by atoms with Crippen LogP contribution >= 0.6 is 31.9 Å². The van der Waals surface area contributed by atoms with Gasteiger partial charge in [-0.25, -0.2) is 0 Å². The number of ether oxygens (including phenoxy) is 3. The van der Waals surface area contributed by atoms with Gasteiger partial charge in [-0.05, 0) is 56.1 Å². The van der Waals surface area contributed by atoms with Gasteiger partial charge in [0.2, 0.25) is 0 Å². The van der Waals surface area contributed by atoms with Crippen LogP contribution in [0.3, 0.4) is 0 Å². The van der Waals surface area contributed by atoms with Gasteiger partial charge in [0.25, 0.3) is 0 Å². The van der Waals surface area contributed by atoms with Crippen LogP contribution in [0.4, 0.5) is 0 Å². The van der Waals surface area contributed by atoms with Crippen molar-refractivity contribution in [2.45, 2.75) is 0 Å². The summed E-state index contributed by atoms with van der Waals surface area (Å²) in [6.07, 6.45) is 1.36. The van der Waals surface area contributed by atoms with Gasteiger partial charge in [-0.15, -0.1) is 0 Å². The van der Waals surface area contributed by atoms with Crippen LogP contribution in [0.15, 0.2) is 45.3 Å². The van der Waals surface area contributed by atoms with Crippen LogP contribution in [0, 0.1) is 0 Å². The number of phenols is 1. The predicted molar refractivity (Wildman–Crippen MR) is 104 cm³/mol. The van der Waals surface area contributed by atoms with Crippen LogP contribution in [0.1, 0.15) is 20.7 Å². The van der Waals surface area contributed by atoms with E-state index in [1.165, 1.54) is 0 Å². The third-order valence-electron chi connectivity index (χ3n) is 2.99. The molecule has 26 heavy (non-hydrogen) atoms. The Labute approximate surface area is 168 Å². The average Bonchev–Trinajstić information content (AvgIpc) is 2.65. The second-order valence-corrected chi connectivity index (χ2v) is 6.44. The van der Waals surface area contributed by atoms with E-state index in [-0.39, 0.29) is 12.5 Å². The van der Waals surface area contributed by atoms with E-state index < -0.39 is 0 Å². The first-order valence-electron chi connectivity index (χ1n) is 7.41. The Morgan fingerprint density at radius 2 is 1.58 bits per heavy atom. The number of para-hydroxylation sites is 2. The normalized spacial score (nSPS) is 9.81. The van der Waals surface area contributed by atoms with Crippen molar-refractivity contribution in [2.75, 3.05) is 27.1 Å². The molecule has 0 aromatic heterocycles. The lowest BCUT2D eigenvalue weighted by atomic mass is 10.2. The van der Waals surface area contributed by atoms with E-state index in [4.69, 9.17) is 19.3 Å². The van der Waals surface area contributed by atoms with E-state index >= 15 is 0 Å². The van der Waals surface area contributed by atoms with Crippen LogP contribution in [0.5, 0.6) is 11.5 Å². The Balaban J connectivity index is 0.000000289. The van der Waals surface area contributed by atoms with Gasteiger partial charge in [-0.3, -0.25) is 9.59 Å². The van der Waals surface area contributed by atoms with E-state index in [0.717, 1.165) is 10.8 Å². The van der Waals surface area contributed by atoms with Gasteiger partial charge in [0.15, 0.2) is 19.4 Å². The maximum absolute atomic E-state index is 10.8. The Kier molecular flexibility index (Phi) is 10.8. The molecule has 0 aliphatic carbocycles. The van der Waals surface area contributed by atoms with Gasteiger partial charge in [-0.2, -0.15) is 0 Å². The summed E-state index contributed by atoms with van der Waals surface area (Å²) in [6.45, 7) is 1.06. The number of methoxy groups -OCH3 is 1. The lowest BCUT2D eigenvalue weighted by Gasteiger charge is -2.10. The van der Waals surface area contributed by atoms with Crippen molar-refractivity contribution in [3.8, 4) is 11.5 Å². The quantitative estimate of drug-likeness (QED) is 0.339. The van der Waals surface area contributed by atoms with Crippen LogP contribution in [-0.2, 0) is 9.47 Å². The molecule has 0 radical (unpaired) electrons. The average molecular weight is 490 g/mol. The second kappa shape index (κ2) is 12.6. The number of benzene rings is 2. The fourth-order valence-electron chi connectivity index (χ4n) is 1.70. The highest BCUT2D eigenvalue weighted by Gasteiger charge is 2.06. The maximum Gasteiger partial charge on any atom is 0.189 e.